The van der Waals surface area contributed by atoms with E-state index in [1.165, 1.54) is 6.34 Å². The molecule has 0 unspecified atom stereocenters. The average molecular weight is 442 g/mol. The van der Waals surface area contributed by atoms with Gasteiger partial charge in [-0.1, -0.05) is 60.3 Å². The van der Waals surface area contributed by atoms with E-state index in [1.807, 2.05) is 39.8 Å². The Morgan fingerprint density at radius 1 is 1.03 bits per heavy atom. The Morgan fingerprint density at radius 2 is 1.65 bits per heavy atom. The molecule has 2 heterocycles. The molecule has 0 atom stereocenters. The standard InChI is InChI=1S/C24H31N3O3S/c1-15(2)19-10-21(16(3)4)24(22(11-19)17(5)6)31(28,29)30-23-12-20-13-25-9-8-18(7)27(20)14-26-23/h9-17H,7-8H2,1-6H3. The lowest BCUT2D eigenvalue weighted by Gasteiger charge is -2.25. The summed E-state index contributed by atoms with van der Waals surface area (Å²) >= 11 is 0. The summed E-state index contributed by atoms with van der Waals surface area (Å²) in [4.78, 5) is 10.4. The maximum Gasteiger partial charge on any atom is 0.341 e. The molecule has 1 aromatic carbocycles. The van der Waals surface area contributed by atoms with Crippen molar-refractivity contribution in [3.05, 3.63) is 65.0 Å². The number of benzene rings is 1. The van der Waals surface area contributed by atoms with Gasteiger partial charge in [0.15, 0.2) is 0 Å². The normalized spacial score (nSPS) is 16.5. The molecule has 0 saturated heterocycles. The molecule has 6 nitrogen and oxygen atoms in total. The Labute approximate surface area is 185 Å². The second-order valence-electron chi connectivity index (χ2n) is 8.78. The van der Waals surface area contributed by atoms with Crippen LogP contribution in [0.4, 0.5) is 0 Å². The molecule has 2 aliphatic heterocycles. The molecule has 0 spiro atoms. The highest BCUT2D eigenvalue weighted by molar-refractivity contribution is 7.87. The number of hydrogen-bond acceptors (Lipinski definition) is 6. The van der Waals surface area contributed by atoms with Crippen molar-refractivity contribution in [3.8, 4) is 0 Å². The fraction of sp³-hybridized carbons (Fsp3) is 0.417. The van der Waals surface area contributed by atoms with Gasteiger partial charge in [0.2, 0.25) is 5.88 Å². The SMILES string of the molecule is C=C1CC=NC=C2C=C(OS(=O)(=O)c3c(C(C)C)cc(C(C)C)cc3C(C)C)N=CN12. The number of aliphatic imine (C=N–C) groups is 2. The number of nitrogens with zero attached hydrogens (tertiary/aromatic N) is 3. The van der Waals surface area contributed by atoms with Gasteiger partial charge in [0, 0.05) is 24.4 Å². The van der Waals surface area contributed by atoms with E-state index in [9.17, 15) is 8.42 Å². The average Bonchev–Trinajstić information content (AvgIpc) is 2.87. The summed E-state index contributed by atoms with van der Waals surface area (Å²) in [5.41, 5.74) is 4.11. The monoisotopic (exact) mass is 441 g/mol. The van der Waals surface area contributed by atoms with Crippen LogP contribution < -0.4 is 0 Å². The summed E-state index contributed by atoms with van der Waals surface area (Å²) < 4.78 is 32.6. The second kappa shape index (κ2) is 8.83. The zero-order valence-corrected chi connectivity index (χ0v) is 19.9. The van der Waals surface area contributed by atoms with E-state index in [2.05, 4.69) is 30.4 Å². The van der Waals surface area contributed by atoms with Crippen LogP contribution in [0.1, 0.15) is 82.4 Å². The van der Waals surface area contributed by atoms with Crippen molar-refractivity contribution in [2.75, 3.05) is 0 Å². The first-order valence-electron chi connectivity index (χ1n) is 10.6. The minimum absolute atomic E-state index is 0.00440. The van der Waals surface area contributed by atoms with Gasteiger partial charge < -0.3 is 9.08 Å². The quantitative estimate of drug-likeness (QED) is 0.525. The lowest BCUT2D eigenvalue weighted by atomic mass is 9.89. The molecule has 0 fully saturated rings. The lowest BCUT2D eigenvalue weighted by Crippen LogP contribution is -2.23. The van der Waals surface area contributed by atoms with Crippen LogP contribution in [-0.4, -0.2) is 25.9 Å². The van der Waals surface area contributed by atoms with Crippen LogP contribution in [0.3, 0.4) is 0 Å². The van der Waals surface area contributed by atoms with Crippen LogP contribution in [0.25, 0.3) is 0 Å². The molecule has 0 amide bonds. The number of fused-ring (bicyclic) bond motifs is 1. The molecule has 1 aromatic rings. The number of hydrogen-bond donors (Lipinski definition) is 0. The van der Waals surface area contributed by atoms with Crippen LogP contribution in [0, 0.1) is 0 Å². The Hall–Kier alpha value is -2.67. The maximum atomic E-state index is 13.5. The van der Waals surface area contributed by atoms with Gasteiger partial charge in [0.1, 0.15) is 11.2 Å². The first-order valence-corrected chi connectivity index (χ1v) is 12.0. The molecule has 0 radical (unpaired) electrons. The first-order chi connectivity index (χ1) is 14.5. The van der Waals surface area contributed by atoms with Crippen LogP contribution in [0.5, 0.6) is 0 Å². The Bertz CT molecular complexity index is 1080. The van der Waals surface area contributed by atoms with Crippen LogP contribution >= 0.6 is 0 Å². The lowest BCUT2D eigenvalue weighted by molar-refractivity contribution is 0.395. The summed E-state index contributed by atoms with van der Waals surface area (Å²) in [5.74, 6) is 0.335. The van der Waals surface area contributed by atoms with Gasteiger partial charge in [-0.3, -0.25) is 4.99 Å². The van der Waals surface area contributed by atoms with Gasteiger partial charge in [-0.25, -0.2) is 4.99 Å². The largest absolute Gasteiger partial charge is 0.358 e. The molecule has 166 valence electrons. The predicted octanol–water partition coefficient (Wildman–Crippen LogP) is 5.78. The topological polar surface area (TPSA) is 71.3 Å². The molecule has 3 rings (SSSR count). The molecule has 0 aliphatic carbocycles. The molecule has 31 heavy (non-hydrogen) atoms. The predicted molar refractivity (Wildman–Crippen MR) is 126 cm³/mol. The third-order valence-corrected chi connectivity index (χ3v) is 6.72. The first kappa shape index (κ1) is 23.0. The van der Waals surface area contributed by atoms with Gasteiger partial charge in [-0.2, -0.15) is 8.42 Å². The van der Waals surface area contributed by atoms with Gasteiger partial charge in [-0.15, -0.1) is 0 Å². The van der Waals surface area contributed by atoms with Gasteiger partial charge in [0.05, 0.1) is 11.9 Å². The summed E-state index contributed by atoms with van der Waals surface area (Å²) in [6, 6.07) is 3.98. The second-order valence-corrected chi connectivity index (χ2v) is 10.3. The van der Waals surface area contributed by atoms with Crippen molar-refractivity contribution in [1.29, 1.82) is 0 Å². The third kappa shape index (κ3) is 4.82. The minimum atomic E-state index is -4.10. The molecule has 2 aliphatic rings. The van der Waals surface area contributed by atoms with E-state index >= 15 is 0 Å². The van der Waals surface area contributed by atoms with Gasteiger partial charge >= 0.3 is 10.1 Å². The van der Waals surface area contributed by atoms with E-state index in [0.29, 0.717) is 18.0 Å². The Kier molecular flexibility index (Phi) is 6.55. The summed E-state index contributed by atoms with van der Waals surface area (Å²) in [6.45, 7) is 16.2. The van der Waals surface area contributed by atoms with E-state index in [0.717, 1.165) is 22.4 Å². The zero-order valence-electron chi connectivity index (χ0n) is 19.1. The summed E-state index contributed by atoms with van der Waals surface area (Å²) in [5, 5.41) is 0. The fourth-order valence-electron chi connectivity index (χ4n) is 3.54. The highest BCUT2D eigenvalue weighted by Gasteiger charge is 2.30. The Morgan fingerprint density at radius 3 is 2.19 bits per heavy atom. The van der Waals surface area contributed by atoms with Crippen molar-refractivity contribution in [2.45, 2.75) is 70.6 Å². The molecular weight excluding hydrogens is 410 g/mol. The molecule has 0 aromatic heterocycles. The summed E-state index contributed by atoms with van der Waals surface area (Å²) in [6.07, 6.45) is 7.05. The van der Waals surface area contributed by atoms with Crippen molar-refractivity contribution in [1.82, 2.24) is 4.90 Å². The molecular formula is C24H31N3O3S. The van der Waals surface area contributed by atoms with Crippen LogP contribution in [-0.2, 0) is 14.3 Å². The Balaban J connectivity index is 2.07. The maximum absolute atomic E-state index is 13.5. The van der Waals surface area contributed by atoms with E-state index in [1.54, 1.807) is 23.4 Å². The van der Waals surface area contributed by atoms with Gasteiger partial charge in [-0.05, 0) is 34.4 Å². The van der Waals surface area contributed by atoms with E-state index in [-0.39, 0.29) is 22.6 Å². The molecule has 7 heteroatoms. The third-order valence-electron chi connectivity index (χ3n) is 5.35. The minimum Gasteiger partial charge on any atom is -0.358 e. The van der Waals surface area contributed by atoms with Crippen molar-refractivity contribution < 1.29 is 12.6 Å². The fourth-order valence-corrected chi connectivity index (χ4v) is 5.11. The zero-order chi connectivity index (χ0) is 22.9. The molecule has 0 bridgehead atoms. The van der Waals surface area contributed by atoms with Gasteiger partial charge in [0.25, 0.3) is 0 Å². The van der Waals surface area contributed by atoms with Crippen LogP contribution in [0.2, 0.25) is 0 Å². The van der Waals surface area contributed by atoms with Crippen molar-refractivity contribution in [2.24, 2.45) is 9.98 Å². The van der Waals surface area contributed by atoms with Crippen LogP contribution in [0.15, 0.2) is 63.1 Å². The highest BCUT2D eigenvalue weighted by atomic mass is 32.2. The van der Waals surface area contributed by atoms with E-state index in [4.69, 9.17) is 4.18 Å². The van der Waals surface area contributed by atoms with Crippen molar-refractivity contribution in [3.63, 3.8) is 0 Å². The molecule has 0 saturated carbocycles. The summed E-state index contributed by atoms with van der Waals surface area (Å²) in [7, 11) is -4.10. The van der Waals surface area contributed by atoms with Crippen molar-refractivity contribution >= 4 is 22.7 Å². The number of allylic oxidation sites excluding steroid dienone is 2. The number of rotatable bonds is 6. The molecule has 0 N–H and O–H groups in total. The smallest absolute Gasteiger partial charge is 0.341 e. The van der Waals surface area contributed by atoms with E-state index < -0.39 is 10.1 Å². The highest BCUT2D eigenvalue weighted by Crippen LogP contribution is 2.37.